The van der Waals surface area contributed by atoms with E-state index in [1.807, 2.05) is 36.4 Å². The number of hydrogen-bond donors (Lipinski definition) is 0. The molecule has 31 heavy (non-hydrogen) atoms. The Morgan fingerprint density at radius 1 is 0.806 bits per heavy atom. The average molecular weight is 427 g/mol. The number of nitrogens with zero attached hydrogens (tertiary/aromatic N) is 4. The van der Waals surface area contributed by atoms with Gasteiger partial charge in [-0.15, -0.1) is 10.2 Å². The molecule has 152 valence electrons. The zero-order valence-electron chi connectivity index (χ0n) is 16.5. The molecular formula is C24H18N4O2S. The standard InChI is InChI=1S/C24H18N4O2S/c1-3-9-16(10-4-1)21(17-11-5-2-6-12-17)23-27-28-22(25-26-24(28)31-23)20-15-29-18-13-7-8-14-19(18)30-20/h1-14,20-21H,15H2/t20-/m1/s1. The van der Waals surface area contributed by atoms with E-state index in [1.165, 1.54) is 11.1 Å². The van der Waals surface area contributed by atoms with Crippen LogP contribution in [0.15, 0.2) is 84.9 Å². The molecule has 6 rings (SSSR count). The summed E-state index contributed by atoms with van der Waals surface area (Å²) in [6.45, 7) is 0.367. The minimum absolute atomic E-state index is 0.0196. The summed E-state index contributed by atoms with van der Waals surface area (Å²) < 4.78 is 13.8. The zero-order valence-corrected chi connectivity index (χ0v) is 17.3. The zero-order chi connectivity index (χ0) is 20.6. The first-order chi connectivity index (χ1) is 15.4. The summed E-state index contributed by atoms with van der Waals surface area (Å²) in [5.74, 6) is 2.11. The molecule has 0 saturated carbocycles. The van der Waals surface area contributed by atoms with Gasteiger partial charge in [-0.1, -0.05) is 84.1 Å². The minimum Gasteiger partial charge on any atom is -0.485 e. The van der Waals surface area contributed by atoms with E-state index >= 15 is 0 Å². The van der Waals surface area contributed by atoms with E-state index in [0.29, 0.717) is 18.2 Å². The lowest BCUT2D eigenvalue weighted by Crippen LogP contribution is -2.24. The second kappa shape index (κ2) is 7.52. The number of aromatic nitrogens is 4. The second-order valence-electron chi connectivity index (χ2n) is 7.31. The maximum Gasteiger partial charge on any atom is 0.234 e. The van der Waals surface area contributed by atoms with Crippen molar-refractivity contribution in [2.75, 3.05) is 6.61 Å². The number of benzene rings is 3. The van der Waals surface area contributed by atoms with Gasteiger partial charge in [-0.25, -0.2) is 0 Å². The first-order valence-corrected chi connectivity index (χ1v) is 10.9. The molecule has 0 fully saturated rings. The largest absolute Gasteiger partial charge is 0.485 e. The summed E-state index contributed by atoms with van der Waals surface area (Å²) in [6.07, 6.45) is -0.369. The van der Waals surface area contributed by atoms with Gasteiger partial charge in [-0.2, -0.15) is 9.61 Å². The Hall–Kier alpha value is -3.71. The van der Waals surface area contributed by atoms with Crippen LogP contribution in [0.3, 0.4) is 0 Å². The highest BCUT2D eigenvalue weighted by atomic mass is 32.1. The monoisotopic (exact) mass is 426 g/mol. The van der Waals surface area contributed by atoms with Gasteiger partial charge in [0.15, 0.2) is 23.4 Å². The van der Waals surface area contributed by atoms with E-state index in [1.54, 1.807) is 15.9 Å². The third-order valence-electron chi connectivity index (χ3n) is 5.34. The van der Waals surface area contributed by atoms with E-state index < -0.39 is 0 Å². The van der Waals surface area contributed by atoms with E-state index in [9.17, 15) is 0 Å². The Bertz CT molecular complexity index is 1290. The number of fused-ring (bicyclic) bond motifs is 2. The molecule has 3 aromatic carbocycles. The SMILES string of the molecule is c1ccc(C(c2ccccc2)c2nn3c([C@H]4COc5ccccc5O4)nnc3s2)cc1. The van der Waals surface area contributed by atoms with Crippen molar-refractivity contribution in [3.63, 3.8) is 0 Å². The van der Waals surface area contributed by atoms with Crippen molar-refractivity contribution in [3.05, 3.63) is 107 Å². The van der Waals surface area contributed by atoms with Gasteiger partial charge in [0, 0.05) is 0 Å². The normalized spacial score (nSPS) is 15.5. The second-order valence-corrected chi connectivity index (χ2v) is 8.30. The Labute approximate surface area is 182 Å². The van der Waals surface area contributed by atoms with Crippen molar-refractivity contribution < 1.29 is 9.47 Å². The molecule has 1 aliphatic rings. The summed E-state index contributed by atoms with van der Waals surface area (Å²) in [6, 6.07) is 28.5. The number of para-hydroxylation sites is 2. The smallest absolute Gasteiger partial charge is 0.234 e. The van der Waals surface area contributed by atoms with Gasteiger partial charge in [0.2, 0.25) is 4.96 Å². The van der Waals surface area contributed by atoms with Crippen LogP contribution in [-0.2, 0) is 0 Å². The van der Waals surface area contributed by atoms with Crippen molar-refractivity contribution in [1.82, 2.24) is 19.8 Å². The Morgan fingerprint density at radius 2 is 1.45 bits per heavy atom. The van der Waals surface area contributed by atoms with Crippen molar-refractivity contribution in [3.8, 4) is 11.5 Å². The number of hydrogen-bond acceptors (Lipinski definition) is 6. The average Bonchev–Trinajstić information content (AvgIpc) is 3.41. The van der Waals surface area contributed by atoms with Crippen LogP contribution >= 0.6 is 11.3 Å². The lowest BCUT2D eigenvalue weighted by atomic mass is 9.92. The van der Waals surface area contributed by atoms with Crippen molar-refractivity contribution in [2.24, 2.45) is 0 Å². The van der Waals surface area contributed by atoms with E-state index in [4.69, 9.17) is 14.6 Å². The molecule has 3 heterocycles. The summed E-state index contributed by atoms with van der Waals surface area (Å²) >= 11 is 1.55. The fraction of sp³-hybridized carbons (Fsp3) is 0.125. The van der Waals surface area contributed by atoms with Gasteiger partial charge < -0.3 is 9.47 Å². The lowest BCUT2D eigenvalue weighted by Gasteiger charge is -2.24. The Morgan fingerprint density at radius 3 is 2.16 bits per heavy atom. The van der Waals surface area contributed by atoms with Crippen LogP contribution in [0.1, 0.15) is 34.0 Å². The minimum atomic E-state index is -0.369. The molecule has 0 spiro atoms. The summed E-state index contributed by atoms with van der Waals surface area (Å²) in [4.78, 5) is 0.740. The molecule has 7 heteroatoms. The Kier molecular flexibility index (Phi) is 4.39. The number of ether oxygens (including phenoxy) is 2. The van der Waals surface area contributed by atoms with Crippen LogP contribution in [0.2, 0.25) is 0 Å². The summed E-state index contributed by atoms with van der Waals surface area (Å²) in [5, 5.41) is 14.6. The predicted molar refractivity (Wildman–Crippen MR) is 118 cm³/mol. The van der Waals surface area contributed by atoms with Crippen molar-refractivity contribution in [1.29, 1.82) is 0 Å². The highest BCUT2D eigenvalue weighted by molar-refractivity contribution is 7.16. The van der Waals surface area contributed by atoms with Crippen molar-refractivity contribution in [2.45, 2.75) is 12.0 Å². The van der Waals surface area contributed by atoms with Gasteiger partial charge >= 0.3 is 0 Å². The van der Waals surface area contributed by atoms with Crippen LogP contribution in [0.4, 0.5) is 0 Å². The fourth-order valence-corrected chi connectivity index (χ4v) is 4.88. The molecule has 0 unspecified atom stereocenters. The molecular weight excluding hydrogens is 408 g/mol. The van der Waals surface area contributed by atoms with E-state index in [-0.39, 0.29) is 12.0 Å². The maximum atomic E-state index is 6.14. The molecule has 0 bridgehead atoms. The molecule has 1 atom stereocenters. The molecule has 0 aliphatic carbocycles. The van der Waals surface area contributed by atoms with Crippen LogP contribution in [0.25, 0.3) is 4.96 Å². The molecule has 0 radical (unpaired) electrons. The number of rotatable bonds is 4. The van der Waals surface area contributed by atoms with Crippen LogP contribution in [-0.4, -0.2) is 26.4 Å². The highest BCUT2D eigenvalue weighted by Gasteiger charge is 2.29. The summed E-state index contributed by atoms with van der Waals surface area (Å²) in [7, 11) is 0. The van der Waals surface area contributed by atoms with Gasteiger partial charge in [-0.3, -0.25) is 0 Å². The Balaban J connectivity index is 1.41. The third-order valence-corrected chi connectivity index (χ3v) is 6.30. The van der Waals surface area contributed by atoms with Gasteiger partial charge in [0.05, 0.1) is 5.92 Å². The molecule has 5 aromatic rings. The van der Waals surface area contributed by atoms with Gasteiger partial charge in [0.25, 0.3) is 0 Å². The molecule has 6 nitrogen and oxygen atoms in total. The topological polar surface area (TPSA) is 61.5 Å². The van der Waals surface area contributed by atoms with Crippen LogP contribution in [0.5, 0.6) is 11.5 Å². The molecule has 1 aliphatic heterocycles. The molecule has 0 saturated heterocycles. The van der Waals surface area contributed by atoms with Crippen molar-refractivity contribution >= 4 is 16.3 Å². The lowest BCUT2D eigenvalue weighted by molar-refractivity contribution is 0.0836. The summed E-state index contributed by atoms with van der Waals surface area (Å²) in [5.41, 5.74) is 2.37. The molecule has 0 N–H and O–H groups in total. The first-order valence-electron chi connectivity index (χ1n) is 10.1. The van der Waals surface area contributed by atoms with E-state index in [0.717, 1.165) is 15.7 Å². The van der Waals surface area contributed by atoms with Gasteiger partial charge in [-0.05, 0) is 23.3 Å². The van der Waals surface area contributed by atoms with Crippen LogP contribution in [0, 0.1) is 0 Å². The van der Waals surface area contributed by atoms with E-state index in [2.05, 4.69) is 58.7 Å². The third kappa shape index (κ3) is 3.23. The highest BCUT2D eigenvalue weighted by Crippen LogP contribution is 2.37. The maximum absolute atomic E-state index is 6.14. The first kappa shape index (κ1) is 18.1. The van der Waals surface area contributed by atoms with Crippen LogP contribution < -0.4 is 9.47 Å². The fourth-order valence-electron chi connectivity index (χ4n) is 3.88. The molecule has 2 aromatic heterocycles. The molecule has 0 amide bonds. The quantitative estimate of drug-likeness (QED) is 0.410. The van der Waals surface area contributed by atoms with Gasteiger partial charge in [0.1, 0.15) is 11.6 Å². The predicted octanol–water partition coefficient (Wildman–Crippen LogP) is 4.88.